The molecule has 6 heteroatoms. The Balaban J connectivity index is 1.37. The summed E-state index contributed by atoms with van der Waals surface area (Å²) in [4.78, 5) is 24.0. The Kier molecular flexibility index (Phi) is 6.61. The van der Waals surface area contributed by atoms with Crippen LogP contribution in [-0.4, -0.2) is 39.4 Å². The summed E-state index contributed by atoms with van der Waals surface area (Å²) in [5.74, 6) is 5.83. The molecule has 0 aromatic heterocycles. The summed E-state index contributed by atoms with van der Waals surface area (Å²) >= 11 is 0. The van der Waals surface area contributed by atoms with Crippen molar-refractivity contribution in [2.45, 2.75) is 5.92 Å². The van der Waals surface area contributed by atoms with Crippen molar-refractivity contribution in [1.82, 2.24) is 5.32 Å². The molecule has 3 aromatic carbocycles. The number of rotatable bonds is 5. The first-order chi connectivity index (χ1) is 16.1. The smallest absolute Gasteiger partial charge is 0.407 e. The predicted octanol–water partition coefficient (Wildman–Crippen LogP) is 4.37. The van der Waals surface area contributed by atoms with E-state index >= 15 is 0 Å². The minimum Gasteiger partial charge on any atom is -0.495 e. The molecule has 0 bridgehead atoms. The Hall–Kier alpha value is -4.24. The monoisotopic (exact) mass is 441 g/mol. The lowest BCUT2D eigenvalue weighted by atomic mass is 9.98. The van der Waals surface area contributed by atoms with Crippen LogP contribution >= 0.6 is 0 Å². The summed E-state index contributed by atoms with van der Waals surface area (Å²) in [7, 11) is 2.84. The second-order valence-electron chi connectivity index (χ2n) is 7.39. The van der Waals surface area contributed by atoms with Gasteiger partial charge in [-0.25, -0.2) is 9.59 Å². The quantitative estimate of drug-likeness (QED) is 0.470. The lowest BCUT2D eigenvalue weighted by Crippen LogP contribution is -2.26. The maximum atomic E-state index is 12.3. The van der Waals surface area contributed by atoms with Crippen molar-refractivity contribution >= 4 is 12.1 Å². The van der Waals surface area contributed by atoms with E-state index in [1.165, 1.54) is 25.3 Å². The first kappa shape index (κ1) is 22.0. The van der Waals surface area contributed by atoms with E-state index in [9.17, 15) is 9.59 Å². The van der Waals surface area contributed by atoms with E-state index in [4.69, 9.17) is 14.2 Å². The molecule has 1 aliphatic rings. The Morgan fingerprint density at radius 1 is 0.939 bits per heavy atom. The van der Waals surface area contributed by atoms with Gasteiger partial charge in [-0.2, -0.15) is 0 Å². The molecule has 0 saturated carbocycles. The highest BCUT2D eigenvalue weighted by atomic mass is 16.5. The van der Waals surface area contributed by atoms with Crippen molar-refractivity contribution in [3.8, 4) is 28.7 Å². The SMILES string of the molecule is COC(=O)c1ccc(OC)c(C#CCNC(=O)OCC2c3ccccc3-c3ccccc32)c1. The molecule has 1 amide bonds. The number of methoxy groups -OCH3 is 2. The number of ether oxygens (including phenoxy) is 3. The third-order valence-electron chi connectivity index (χ3n) is 5.51. The molecule has 3 aromatic rings. The summed E-state index contributed by atoms with van der Waals surface area (Å²) in [6.07, 6.45) is -0.540. The second kappa shape index (κ2) is 9.92. The maximum Gasteiger partial charge on any atom is 0.407 e. The number of nitrogens with one attached hydrogen (secondary N) is 1. The molecule has 33 heavy (non-hydrogen) atoms. The van der Waals surface area contributed by atoms with Gasteiger partial charge in [-0.05, 0) is 40.5 Å². The van der Waals surface area contributed by atoms with E-state index < -0.39 is 12.1 Å². The molecule has 6 nitrogen and oxygen atoms in total. The normalized spacial score (nSPS) is 11.5. The highest BCUT2D eigenvalue weighted by Gasteiger charge is 2.28. The molecule has 0 aliphatic heterocycles. The Labute approximate surface area is 192 Å². The van der Waals surface area contributed by atoms with Crippen molar-refractivity contribution in [3.05, 3.63) is 89.0 Å². The Bertz CT molecular complexity index is 1210. The van der Waals surface area contributed by atoms with E-state index in [0.29, 0.717) is 16.9 Å². The summed E-state index contributed by atoms with van der Waals surface area (Å²) in [6.45, 7) is 0.324. The molecule has 0 radical (unpaired) electrons. The molecule has 0 atom stereocenters. The van der Waals surface area contributed by atoms with E-state index in [1.807, 2.05) is 24.3 Å². The molecule has 1 aliphatic carbocycles. The lowest BCUT2D eigenvalue weighted by Gasteiger charge is -2.14. The van der Waals surface area contributed by atoms with Crippen LogP contribution in [0.25, 0.3) is 11.1 Å². The van der Waals surface area contributed by atoms with Gasteiger partial charge in [-0.15, -0.1) is 0 Å². The van der Waals surface area contributed by atoms with Crippen LogP contribution in [0.3, 0.4) is 0 Å². The number of carbonyl (C=O) groups excluding carboxylic acids is 2. The molecule has 1 N–H and O–H groups in total. The fourth-order valence-corrected chi connectivity index (χ4v) is 3.96. The van der Waals surface area contributed by atoms with Gasteiger partial charge in [0, 0.05) is 5.92 Å². The summed E-state index contributed by atoms with van der Waals surface area (Å²) in [6, 6.07) is 21.2. The fourth-order valence-electron chi connectivity index (χ4n) is 3.96. The van der Waals surface area contributed by atoms with Gasteiger partial charge in [-0.3, -0.25) is 0 Å². The fraction of sp³-hybridized carbons (Fsp3) is 0.185. The molecule has 0 saturated heterocycles. The zero-order chi connectivity index (χ0) is 23.2. The topological polar surface area (TPSA) is 73.9 Å². The Morgan fingerprint density at radius 3 is 2.24 bits per heavy atom. The van der Waals surface area contributed by atoms with E-state index in [0.717, 1.165) is 11.1 Å². The number of alkyl carbamates (subject to hydrolysis) is 1. The molecular weight excluding hydrogens is 418 g/mol. The number of benzene rings is 3. The van der Waals surface area contributed by atoms with Crippen molar-refractivity contribution in [1.29, 1.82) is 0 Å². The maximum absolute atomic E-state index is 12.3. The Morgan fingerprint density at radius 2 is 1.61 bits per heavy atom. The number of hydrogen-bond acceptors (Lipinski definition) is 5. The highest BCUT2D eigenvalue weighted by Crippen LogP contribution is 2.44. The van der Waals surface area contributed by atoms with Gasteiger partial charge < -0.3 is 19.5 Å². The number of amides is 1. The average Bonchev–Trinajstić information content (AvgIpc) is 3.18. The highest BCUT2D eigenvalue weighted by molar-refractivity contribution is 5.90. The third-order valence-corrected chi connectivity index (χ3v) is 5.51. The van der Waals surface area contributed by atoms with E-state index in [2.05, 4.69) is 41.4 Å². The summed E-state index contributed by atoms with van der Waals surface area (Å²) in [5, 5.41) is 2.64. The second-order valence-corrected chi connectivity index (χ2v) is 7.39. The molecule has 4 rings (SSSR count). The van der Waals surface area contributed by atoms with Gasteiger partial charge in [0.1, 0.15) is 12.4 Å². The van der Waals surface area contributed by atoms with Gasteiger partial charge in [0.15, 0.2) is 0 Å². The van der Waals surface area contributed by atoms with Gasteiger partial charge in [0.25, 0.3) is 0 Å². The molecule has 166 valence electrons. The van der Waals surface area contributed by atoms with Crippen LogP contribution < -0.4 is 10.1 Å². The first-order valence-corrected chi connectivity index (χ1v) is 10.5. The molecule has 0 unspecified atom stereocenters. The zero-order valence-electron chi connectivity index (χ0n) is 18.4. The van der Waals surface area contributed by atoms with Crippen molar-refractivity contribution in [2.75, 3.05) is 27.4 Å². The van der Waals surface area contributed by atoms with Crippen LogP contribution in [0.1, 0.15) is 33.0 Å². The molecule has 0 heterocycles. The van der Waals surface area contributed by atoms with Crippen LogP contribution in [0.15, 0.2) is 66.7 Å². The summed E-state index contributed by atoms with van der Waals surface area (Å²) in [5.41, 5.74) is 5.56. The van der Waals surface area contributed by atoms with Crippen molar-refractivity contribution in [2.24, 2.45) is 0 Å². The standard InChI is InChI=1S/C27H23NO5/c1-31-25-14-13-19(26(29)32-2)16-18(25)8-7-15-28-27(30)33-17-24-22-11-5-3-9-20(22)21-10-4-6-12-23(21)24/h3-6,9-14,16,24H,15,17H2,1-2H3,(H,28,30). The number of carbonyl (C=O) groups is 2. The predicted molar refractivity (Wildman–Crippen MR) is 124 cm³/mol. The minimum atomic E-state index is -0.540. The van der Waals surface area contributed by atoms with Gasteiger partial charge in [-0.1, -0.05) is 60.4 Å². The molecular formula is C27H23NO5. The molecule has 0 fully saturated rings. The number of esters is 1. The number of hydrogen-bond donors (Lipinski definition) is 1. The van der Waals surface area contributed by atoms with Gasteiger partial charge in [0.05, 0.1) is 31.9 Å². The van der Waals surface area contributed by atoms with Gasteiger partial charge >= 0.3 is 12.1 Å². The molecule has 0 spiro atoms. The third kappa shape index (κ3) is 4.68. The van der Waals surface area contributed by atoms with Crippen LogP contribution in [0, 0.1) is 11.8 Å². The lowest BCUT2D eigenvalue weighted by molar-refractivity contribution is 0.0600. The van der Waals surface area contributed by atoms with Gasteiger partial charge in [0.2, 0.25) is 0 Å². The van der Waals surface area contributed by atoms with Crippen LogP contribution in [0.2, 0.25) is 0 Å². The van der Waals surface area contributed by atoms with Crippen LogP contribution in [-0.2, 0) is 9.47 Å². The number of fused-ring (bicyclic) bond motifs is 3. The summed E-state index contributed by atoms with van der Waals surface area (Å²) < 4.78 is 15.5. The van der Waals surface area contributed by atoms with E-state index in [-0.39, 0.29) is 19.1 Å². The average molecular weight is 441 g/mol. The minimum absolute atomic E-state index is 0.000410. The van der Waals surface area contributed by atoms with Crippen LogP contribution in [0.5, 0.6) is 5.75 Å². The van der Waals surface area contributed by atoms with Crippen molar-refractivity contribution < 1.29 is 23.8 Å². The van der Waals surface area contributed by atoms with Crippen molar-refractivity contribution in [3.63, 3.8) is 0 Å². The van der Waals surface area contributed by atoms with E-state index in [1.54, 1.807) is 18.2 Å². The zero-order valence-corrected chi connectivity index (χ0v) is 18.4. The largest absolute Gasteiger partial charge is 0.495 e. The van der Waals surface area contributed by atoms with Crippen LogP contribution in [0.4, 0.5) is 4.79 Å². The first-order valence-electron chi connectivity index (χ1n) is 10.5.